The van der Waals surface area contributed by atoms with Crippen molar-refractivity contribution in [2.45, 2.75) is 13.0 Å². The van der Waals surface area contributed by atoms with Gasteiger partial charge in [-0.15, -0.1) is 0 Å². The summed E-state index contributed by atoms with van der Waals surface area (Å²) >= 11 is 0. The molecule has 0 heterocycles. The Labute approximate surface area is 118 Å². The van der Waals surface area contributed by atoms with E-state index in [2.05, 4.69) is 11.4 Å². The zero-order valence-electron chi connectivity index (χ0n) is 11.3. The molecule has 0 spiro atoms. The molecule has 2 rings (SSSR count). The molecule has 0 aliphatic carbocycles. The van der Waals surface area contributed by atoms with Gasteiger partial charge in [0.25, 0.3) is 0 Å². The standard InChI is InChI=1S/C16H17N3O/c1-11-3-2-4-13(9-17)16(11)19-10-15(20)12-5-7-14(18)8-6-12/h2-8,15,19-20H,10,18H2,1H3. The number of aliphatic hydroxyl groups is 1. The quantitative estimate of drug-likeness (QED) is 0.744. The molecule has 2 aromatic carbocycles. The van der Waals surface area contributed by atoms with Crippen molar-refractivity contribution >= 4 is 11.4 Å². The number of nitrogen functional groups attached to an aromatic ring is 1. The third-order valence-corrected chi connectivity index (χ3v) is 3.19. The second kappa shape index (κ2) is 6.09. The van der Waals surface area contributed by atoms with Crippen molar-refractivity contribution in [2.75, 3.05) is 17.6 Å². The number of nitrogens with zero attached hydrogens (tertiary/aromatic N) is 1. The van der Waals surface area contributed by atoms with E-state index in [1.807, 2.05) is 19.1 Å². The average Bonchev–Trinajstić information content (AvgIpc) is 2.46. The Hall–Kier alpha value is -2.51. The normalized spacial score (nSPS) is 11.7. The number of nitriles is 1. The van der Waals surface area contributed by atoms with Crippen LogP contribution in [-0.4, -0.2) is 11.7 Å². The lowest BCUT2D eigenvalue weighted by atomic mass is 10.1. The highest BCUT2D eigenvalue weighted by Crippen LogP contribution is 2.21. The summed E-state index contributed by atoms with van der Waals surface area (Å²) in [5.41, 5.74) is 9.40. The van der Waals surface area contributed by atoms with Crippen LogP contribution in [-0.2, 0) is 0 Å². The van der Waals surface area contributed by atoms with Crippen LogP contribution in [0.1, 0.15) is 22.8 Å². The van der Waals surface area contributed by atoms with E-state index in [0.717, 1.165) is 16.8 Å². The maximum Gasteiger partial charge on any atom is 0.101 e. The third-order valence-electron chi connectivity index (χ3n) is 3.19. The lowest BCUT2D eigenvalue weighted by Crippen LogP contribution is -2.13. The van der Waals surface area contributed by atoms with Crippen LogP contribution >= 0.6 is 0 Å². The van der Waals surface area contributed by atoms with Crippen LogP contribution in [0.2, 0.25) is 0 Å². The Bertz CT molecular complexity index is 629. The number of hydrogen-bond acceptors (Lipinski definition) is 4. The molecule has 4 N–H and O–H groups in total. The molecule has 0 aliphatic rings. The van der Waals surface area contributed by atoms with Gasteiger partial charge in [-0.25, -0.2) is 0 Å². The summed E-state index contributed by atoms with van der Waals surface area (Å²) in [6.07, 6.45) is -0.651. The molecule has 2 aromatic rings. The number of nitrogens with one attached hydrogen (secondary N) is 1. The molecule has 0 aliphatic heterocycles. The second-order valence-electron chi connectivity index (χ2n) is 4.67. The molecule has 0 fully saturated rings. The van der Waals surface area contributed by atoms with E-state index in [1.54, 1.807) is 30.3 Å². The average molecular weight is 267 g/mol. The maximum atomic E-state index is 10.1. The van der Waals surface area contributed by atoms with Crippen molar-refractivity contribution < 1.29 is 5.11 Å². The Morgan fingerprint density at radius 1 is 1.25 bits per heavy atom. The molecular weight excluding hydrogens is 250 g/mol. The molecule has 20 heavy (non-hydrogen) atoms. The van der Waals surface area contributed by atoms with Crippen LogP contribution in [0.15, 0.2) is 42.5 Å². The van der Waals surface area contributed by atoms with Crippen LogP contribution in [0.4, 0.5) is 11.4 Å². The van der Waals surface area contributed by atoms with Gasteiger partial charge in [0.1, 0.15) is 6.07 Å². The van der Waals surface area contributed by atoms with Gasteiger partial charge in [-0.3, -0.25) is 0 Å². The van der Waals surface area contributed by atoms with Gasteiger partial charge >= 0.3 is 0 Å². The minimum Gasteiger partial charge on any atom is -0.399 e. The summed E-state index contributed by atoms with van der Waals surface area (Å²) in [5, 5.41) is 22.4. The lowest BCUT2D eigenvalue weighted by molar-refractivity contribution is 0.191. The predicted octanol–water partition coefficient (Wildman–Crippen LogP) is 2.59. The first-order valence-corrected chi connectivity index (χ1v) is 6.39. The lowest BCUT2D eigenvalue weighted by Gasteiger charge is -2.15. The van der Waals surface area contributed by atoms with Crippen LogP contribution < -0.4 is 11.1 Å². The number of benzene rings is 2. The third kappa shape index (κ3) is 3.08. The Morgan fingerprint density at radius 2 is 1.95 bits per heavy atom. The fourth-order valence-electron chi connectivity index (χ4n) is 2.03. The second-order valence-corrected chi connectivity index (χ2v) is 4.67. The van der Waals surface area contributed by atoms with Crippen molar-refractivity contribution in [3.05, 3.63) is 59.2 Å². The summed E-state index contributed by atoms with van der Waals surface area (Å²) in [7, 11) is 0. The van der Waals surface area contributed by atoms with Gasteiger partial charge in [-0.05, 0) is 36.2 Å². The summed E-state index contributed by atoms with van der Waals surface area (Å²) in [6.45, 7) is 2.27. The van der Waals surface area contributed by atoms with Crippen molar-refractivity contribution in [3.63, 3.8) is 0 Å². The zero-order valence-corrected chi connectivity index (χ0v) is 11.3. The highest BCUT2D eigenvalue weighted by molar-refractivity contribution is 5.62. The molecular formula is C16H17N3O. The van der Waals surface area contributed by atoms with Crippen molar-refractivity contribution in [1.82, 2.24) is 0 Å². The highest BCUT2D eigenvalue weighted by Gasteiger charge is 2.10. The first-order valence-electron chi connectivity index (χ1n) is 6.39. The summed E-state index contributed by atoms with van der Waals surface area (Å²) in [4.78, 5) is 0. The molecule has 0 amide bonds. The van der Waals surface area contributed by atoms with Gasteiger partial charge in [0, 0.05) is 12.2 Å². The molecule has 4 heteroatoms. The number of aliphatic hydroxyl groups excluding tert-OH is 1. The van der Waals surface area contributed by atoms with Crippen molar-refractivity contribution in [2.24, 2.45) is 0 Å². The van der Waals surface area contributed by atoms with Crippen molar-refractivity contribution in [1.29, 1.82) is 5.26 Å². The maximum absolute atomic E-state index is 10.1. The minimum atomic E-state index is -0.651. The molecule has 0 radical (unpaired) electrons. The number of hydrogen-bond donors (Lipinski definition) is 3. The molecule has 4 nitrogen and oxygen atoms in total. The fourth-order valence-corrected chi connectivity index (χ4v) is 2.03. The highest BCUT2D eigenvalue weighted by atomic mass is 16.3. The topological polar surface area (TPSA) is 82.1 Å². The van der Waals surface area contributed by atoms with Crippen LogP contribution in [0, 0.1) is 18.3 Å². The Balaban J connectivity index is 2.09. The smallest absolute Gasteiger partial charge is 0.101 e. The molecule has 0 bridgehead atoms. The van der Waals surface area contributed by atoms with E-state index in [-0.39, 0.29) is 0 Å². The van der Waals surface area contributed by atoms with Crippen LogP contribution in [0.5, 0.6) is 0 Å². The van der Waals surface area contributed by atoms with Crippen LogP contribution in [0.3, 0.4) is 0 Å². The van der Waals surface area contributed by atoms with Gasteiger partial charge in [-0.2, -0.15) is 5.26 Å². The predicted molar refractivity (Wildman–Crippen MR) is 80.2 cm³/mol. The van der Waals surface area contributed by atoms with E-state index in [0.29, 0.717) is 17.8 Å². The number of rotatable bonds is 4. The fraction of sp³-hybridized carbons (Fsp3) is 0.188. The van der Waals surface area contributed by atoms with Gasteiger partial charge in [0.05, 0.1) is 17.4 Å². The first-order chi connectivity index (χ1) is 9.61. The number of anilines is 2. The Kier molecular flexibility index (Phi) is 4.24. The molecule has 0 saturated heterocycles. The van der Waals surface area contributed by atoms with E-state index < -0.39 is 6.10 Å². The number of aryl methyl sites for hydroxylation is 1. The minimum absolute atomic E-state index is 0.337. The van der Waals surface area contributed by atoms with Crippen molar-refractivity contribution in [3.8, 4) is 6.07 Å². The summed E-state index contributed by atoms with van der Waals surface area (Å²) < 4.78 is 0. The van der Waals surface area contributed by atoms with E-state index in [9.17, 15) is 5.11 Å². The molecule has 0 saturated carbocycles. The molecule has 0 aromatic heterocycles. The van der Waals surface area contributed by atoms with Crippen LogP contribution in [0.25, 0.3) is 0 Å². The zero-order chi connectivity index (χ0) is 14.5. The van der Waals surface area contributed by atoms with E-state index in [4.69, 9.17) is 11.0 Å². The van der Waals surface area contributed by atoms with Gasteiger partial charge in [0.2, 0.25) is 0 Å². The van der Waals surface area contributed by atoms with E-state index >= 15 is 0 Å². The van der Waals surface area contributed by atoms with E-state index in [1.165, 1.54) is 0 Å². The van der Waals surface area contributed by atoms with Gasteiger partial charge in [-0.1, -0.05) is 24.3 Å². The van der Waals surface area contributed by atoms with Gasteiger partial charge < -0.3 is 16.2 Å². The molecule has 1 atom stereocenters. The largest absolute Gasteiger partial charge is 0.399 e. The Morgan fingerprint density at radius 3 is 2.60 bits per heavy atom. The molecule has 1 unspecified atom stereocenters. The number of nitrogens with two attached hydrogens (primary N) is 1. The SMILES string of the molecule is Cc1cccc(C#N)c1NCC(O)c1ccc(N)cc1. The molecule has 102 valence electrons. The monoisotopic (exact) mass is 267 g/mol. The summed E-state index contributed by atoms with van der Waals surface area (Å²) in [5.74, 6) is 0. The summed E-state index contributed by atoms with van der Waals surface area (Å²) in [6, 6.07) is 14.8. The van der Waals surface area contributed by atoms with Gasteiger partial charge in [0.15, 0.2) is 0 Å². The first kappa shape index (κ1) is 13.9. The number of para-hydroxylation sites is 1.